The zero-order valence-electron chi connectivity index (χ0n) is 11.7. The lowest BCUT2D eigenvalue weighted by Gasteiger charge is -2.41. The van der Waals surface area contributed by atoms with E-state index in [1.54, 1.807) is 4.90 Å². The summed E-state index contributed by atoms with van der Waals surface area (Å²) < 4.78 is 22.9. The van der Waals surface area contributed by atoms with Crippen molar-refractivity contribution >= 4 is 15.7 Å². The van der Waals surface area contributed by atoms with Crippen molar-refractivity contribution in [2.24, 2.45) is 5.41 Å². The van der Waals surface area contributed by atoms with Gasteiger partial charge in [0.1, 0.15) is 0 Å². The molecule has 5 nitrogen and oxygen atoms in total. The summed E-state index contributed by atoms with van der Waals surface area (Å²) in [6, 6.07) is 0. The second-order valence-electron chi connectivity index (χ2n) is 5.72. The molecule has 2 aliphatic rings. The minimum atomic E-state index is -2.92. The zero-order valence-corrected chi connectivity index (χ0v) is 12.5. The van der Waals surface area contributed by atoms with E-state index in [-0.39, 0.29) is 22.8 Å². The number of nitrogens with one attached hydrogen (secondary N) is 1. The van der Waals surface area contributed by atoms with Crippen LogP contribution in [0.3, 0.4) is 0 Å². The van der Waals surface area contributed by atoms with Crippen LogP contribution >= 0.6 is 0 Å². The third kappa shape index (κ3) is 3.28. The van der Waals surface area contributed by atoms with Crippen molar-refractivity contribution in [2.45, 2.75) is 32.6 Å². The summed E-state index contributed by atoms with van der Waals surface area (Å²) in [6.07, 6.45) is 3.67. The molecule has 0 unspecified atom stereocenters. The van der Waals surface area contributed by atoms with Crippen molar-refractivity contribution in [1.82, 2.24) is 10.2 Å². The molecule has 1 amide bonds. The maximum Gasteiger partial charge on any atom is 0.228 e. The molecule has 2 saturated heterocycles. The van der Waals surface area contributed by atoms with E-state index in [0.717, 1.165) is 38.8 Å². The van der Waals surface area contributed by atoms with Gasteiger partial charge in [-0.25, -0.2) is 8.42 Å². The quantitative estimate of drug-likeness (QED) is 0.817. The average molecular weight is 288 g/mol. The van der Waals surface area contributed by atoms with Crippen LogP contribution in [0.2, 0.25) is 0 Å². The topological polar surface area (TPSA) is 66.5 Å². The molecular weight excluding hydrogens is 264 g/mol. The van der Waals surface area contributed by atoms with Crippen molar-refractivity contribution in [1.29, 1.82) is 0 Å². The normalized spacial score (nSPS) is 26.1. The first-order valence-corrected chi connectivity index (χ1v) is 9.02. The molecule has 2 aliphatic heterocycles. The summed E-state index contributed by atoms with van der Waals surface area (Å²) in [7, 11) is -2.92. The molecule has 0 radical (unpaired) electrons. The third-order valence-corrected chi connectivity index (χ3v) is 5.98. The van der Waals surface area contributed by atoms with Crippen LogP contribution in [0.25, 0.3) is 0 Å². The average Bonchev–Trinajstić information content (AvgIpc) is 2.39. The van der Waals surface area contributed by atoms with Crippen LogP contribution in [0.4, 0.5) is 0 Å². The molecule has 0 aromatic carbocycles. The molecule has 2 rings (SSSR count). The smallest absolute Gasteiger partial charge is 0.228 e. The molecule has 0 saturated carbocycles. The van der Waals surface area contributed by atoms with Crippen molar-refractivity contribution in [3.05, 3.63) is 0 Å². The van der Waals surface area contributed by atoms with E-state index in [9.17, 15) is 13.2 Å². The van der Waals surface area contributed by atoms with Gasteiger partial charge in [0.2, 0.25) is 5.91 Å². The molecule has 2 fully saturated rings. The fourth-order valence-corrected chi connectivity index (χ4v) is 4.41. The number of nitrogens with zero attached hydrogens (tertiary/aromatic N) is 1. The number of piperidine rings is 1. The van der Waals surface area contributed by atoms with Gasteiger partial charge in [-0.05, 0) is 32.4 Å². The first kappa shape index (κ1) is 14.8. The van der Waals surface area contributed by atoms with Crippen LogP contribution in [0, 0.1) is 5.41 Å². The number of carbonyl (C=O) groups is 1. The third-order valence-electron chi connectivity index (χ3n) is 4.37. The molecule has 0 aliphatic carbocycles. The Morgan fingerprint density at radius 2 is 1.79 bits per heavy atom. The van der Waals surface area contributed by atoms with Crippen molar-refractivity contribution in [3.63, 3.8) is 0 Å². The van der Waals surface area contributed by atoms with Crippen LogP contribution in [0.5, 0.6) is 0 Å². The number of hydrogen-bond acceptors (Lipinski definition) is 4. The number of rotatable bonds is 3. The minimum absolute atomic E-state index is 0.124. The minimum Gasteiger partial charge on any atom is -0.340 e. The Morgan fingerprint density at radius 3 is 2.32 bits per heavy atom. The second-order valence-corrected chi connectivity index (χ2v) is 8.03. The van der Waals surface area contributed by atoms with Crippen LogP contribution in [-0.4, -0.2) is 56.9 Å². The van der Waals surface area contributed by atoms with Crippen molar-refractivity contribution in [2.75, 3.05) is 37.7 Å². The molecular formula is C13H24N2O3S. The Bertz CT molecular complexity index is 408. The molecule has 110 valence electrons. The molecule has 19 heavy (non-hydrogen) atoms. The lowest BCUT2D eigenvalue weighted by atomic mass is 9.74. The van der Waals surface area contributed by atoms with Gasteiger partial charge >= 0.3 is 0 Å². The first-order valence-electron chi connectivity index (χ1n) is 7.20. The van der Waals surface area contributed by atoms with Gasteiger partial charge in [0, 0.05) is 13.1 Å². The van der Waals surface area contributed by atoms with E-state index in [0.29, 0.717) is 13.1 Å². The second kappa shape index (κ2) is 5.79. The number of hydrogen-bond donors (Lipinski definition) is 1. The number of sulfone groups is 1. The van der Waals surface area contributed by atoms with E-state index in [1.807, 2.05) is 0 Å². The van der Waals surface area contributed by atoms with Crippen molar-refractivity contribution < 1.29 is 13.2 Å². The fourth-order valence-electron chi connectivity index (χ4n) is 3.21. The lowest BCUT2D eigenvalue weighted by Crippen LogP contribution is -2.53. The van der Waals surface area contributed by atoms with Crippen LogP contribution in [0.15, 0.2) is 0 Å². The van der Waals surface area contributed by atoms with E-state index < -0.39 is 9.84 Å². The standard InChI is InChI=1S/C13H24N2O3S/c1-2-3-13(4-6-14-7-5-13)12(16)15-8-10-19(17,18)11-9-15/h14H,2-11H2,1H3. The fraction of sp³-hybridized carbons (Fsp3) is 0.923. The Kier molecular flexibility index (Phi) is 4.50. The maximum atomic E-state index is 12.8. The van der Waals surface area contributed by atoms with Gasteiger partial charge in [0.25, 0.3) is 0 Å². The van der Waals surface area contributed by atoms with Gasteiger partial charge in [-0.3, -0.25) is 4.79 Å². The summed E-state index contributed by atoms with van der Waals surface area (Å²) in [5.74, 6) is 0.434. The molecule has 1 N–H and O–H groups in total. The molecule has 0 spiro atoms. The monoisotopic (exact) mass is 288 g/mol. The Morgan fingerprint density at radius 1 is 1.21 bits per heavy atom. The largest absolute Gasteiger partial charge is 0.340 e. The van der Waals surface area contributed by atoms with E-state index >= 15 is 0 Å². The highest BCUT2D eigenvalue weighted by molar-refractivity contribution is 7.91. The zero-order chi connectivity index (χ0) is 13.9. The van der Waals surface area contributed by atoms with Crippen LogP contribution in [0.1, 0.15) is 32.6 Å². The summed E-state index contributed by atoms with van der Waals surface area (Å²) >= 11 is 0. The number of carbonyl (C=O) groups excluding carboxylic acids is 1. The summed E-state index contributed by atoms with van der Waals surface area (Å²) in [4.78, 5) is 14.6. The van der Waals surface area contributed by atoms with Crippen LogP contribution < -0.4 is 5.32 Å². The maximum absolute atomic E-state index is 12.8. The summed E-state index contributed by atoms with van der Waals surface area (Å²) in [5, 5.41) is 3.30. The molecule has 0 atom stereocenters. The lowest BCUT2D eigenvalue weighted by molar-refractivity contribution is -0.144. The van der Waals surface area contributed by atoms with Crippen molar-refractivity contribution in [3.8, 4) is 0 Å². The van der Waals surface area contributed by atoms with Gasteiger partial charge in [-0.1, -0.05) is 13.3 Å². The van der Waals surface area contributed by atoms with Gasteiger partial charge in [0.15, 0.2) is 9.84 Å². The van der Waals surface area contributed by atoms with Crippen LogP contribution in [-0.2, 0) is 14.6 Å². The highest BCUT2D eigenvalue weighted by Gasteiger charge is 2.42. The number of amides is 1. The summed E-state index contributed by atoms with van der Waals surface area (Å²) in [5.41, 5.74) is -0.249. The highest BCUT2D eigenvalue weighted by atomic mass is 32.2. The predicted octanol–water partition coefficient (Wildman–Crippen LogP) is 0.413. The van der Waals surface area contributed by atoms with Gasteiger partial charge in [-0.2, -0.15) is 0 Å². The van der Waals surface area contributed by atoms with E-state index in [4.69, 9.17) is 0 Å². The van der Waals surface area contributed by atoms with E-state index in [1.165, 1.54) is 0 Å². The Labute approximate surface area is 115 Å². The SMILES string of the molecule is CCCC1(C(=O)N2CCS(=O)(=O)CC2)CCNCC1. The Balaban J connectivity index is 2.07. The predicted molar refractivity (Wildman–Crippen MR) is 74.7 cm³/mol. The molecule has 0 aromatic heterocycles. The Hall–Kier alpha value is -0.620. The molecule has 0 aromatic rings. The summed E-state index contributed by atoms with van der Waals surface area (Å²) in [6.45, 7) is 4.63. The molecule has 6 heteroatoms. The molecule has 0 bridgehead atoms. The van der Waals surface area contributed by atoms with Gasteiger partial charge in [0.05, 0.1) is 16.9 Å². The van der Waals surface area contributed by atoms with Gasteiger partial charge < -0.3 is 10.2 Å². The molecule has 2 heterocycles. The first-order chi connectivity index (χ1) is 8.99. The van der Waals surface area contributed by atoms with Gasteiger partial charge in [-0.15, -0.1) is 0 Å². The van der Waals surface area contributed by atoms with E-state index in [2.05, 4.69) is 12.2 Å². The highest BCUT2D eigenvalue weighted by Crippen LogP contribution is 2.36.